The van der Waals surface area contributed by atoms with Gasteiger partial charge in [-0.15, -0.1) is 0 Å². The number of benzene rings is 2. The van der Waals surface area contributed by atoms with Crippen LogP contribution in [0, 0.1) is 0 Å². The summed E-state index contributed by atoms with van der Waals surface area (Å²) in [6.07, 6.45) is 2.15. The van der Waals surface area contributed by atoms with Crippen LogP contribution < -0.4 is 9.86 Å². The smallest absolute Gasteiger partial charge is 0.237 e. The minimum atomic E-state index is -3.76. The van der Waals surface area contributed by atoms with Gasteiger partial charge in [0.1, 0.15) is 0 Å². The van der Waals surface area contributed by atoms with Crippen molar-refractivity contribution in [1.29, 1.82) is 0 Å². The lowest BCUT2D eigenvalue weighted by Crippen LogP contribution is -2.51. The van der Waals surface area contributed by atoms with Crippen LogP contribution >= 0.6 is 0 Å². The van der Waals surface area contributed by atoms with E-state index < -0.39 is 37.0 Å². The van der Waals surface area contributed by atoms with Crippen molar-refractivity contribution in [2.45, 2.75) is 61.4 Å². The van der Waals surface area contributed by atoms with E-state index in [4.69, 9.17) is 5.14 Å². The van der Waals surface area contributed by atoms with Crippen molar-refractivity contribution in [3.05, 3.63) is 54.1 Å². The third kappa shape index (κ3) is 4.74. The number of hydrogen-bond acceptors (Lipinski definition) is 4. The van der Waals surface area contributed by atoms with Gasteiger partial charge in [-0.05, 0) is 61.9 Å². The minimum Gasteiger partial charge on any atom is -0.237 e. The molecule has 6 nitrogen and oxygen atoms in total. The summed E-state index contributed by atoms with van der Waals surface area (Å²) in [5.74, 6) is 0. The Balaban J connectivity index is 1.88. The number of nitrogens with one attached hydrogen (secondary N) is 1. The lowest BCUT2D eigenvalue weighted by Gasteiger charge is -2.38. The largest absolute Gasteiger partial charge is 0.238 e. The van der Waals surface area contributed by atoms with Gasteiger partial charge in [0.15, 0.2) is 5.67 Å². The predicted octanol–water partition coefficient (Wildman–Crippen LogP) is 3.44. The number of alkyl halides is 1. The summed E-state index contributed by atoms with van der Waals surface area (Å²) >= 11 is 0. The summed E-state index contributed by atoms with van der Waals surface area (Å²) in [7, 11) is -7.36. The first-order chi connectivity index (χ1) is 13.9. The number of hydrogen-bond donors (Lipinski definition) is 2. The van der Waals surface area contributed by atoms with Gasteiger partial charge in [0.05, 0.1) is 16.2 Å². The molecule has 0 saturated heterocycles. The third-order valence-electron chi connectivity index (χ3n) is 5.64. The second-order valence-electron chi connectivity index (χ2n) is 8.02. The van der Waals surface area contributed by atoms with Crippen molar-refractivity contribution >= 4 is 20.0 Å². The SMILES string of the molecule is CC(C)S(=O)(=O)N[C@H]1CCCC[C@]1(F)c1ccc(-c2ccc(S(N)(=O)=O)cc2)cc1. The van der Waals surface area contributed by atoms with Crippen LogP contribution in [0.3, 0.4) is 0 Å². The monoisotopic (exact) mass is 454 g/mol. The zero-order chi connectivity index (χ0) is 22.2. The maximum absolute atomic E-state index is 16.1. The molecule has 3 rings (SSSR count). The van der Waals surface area contributed by atoms with E-state index in [1.54, 1.807) is 50.2 Å². The average Bonchev–Trinajstić information content (AvgIpc) is 2.69. The molecule has 1 aliphatic rings. The van der Waals surface area contributed by atoms with Crippen LogP contribution in [0.1, 0.15) is 45.1 Å². The molecule has 1 fully saturated rings. The first-order valence-corrected chi connectivity index (χ1v) is 13.0. The highest BCUT2D eigenvalue weighted by atomic mass is 32.2. The molecule has 9 heteroatoms. The molecule has 0 aliphatic heterocycles. The van der Waals surface area contributed by atoms with Crippen LogP contribution in [0.15, 0.2) is 53.4 Å². The lowest BCUT2D eigenvalue weighted by molar-refractivity contribution is 0.0712. The van der Waals surface area contributed by atoms with Gasteiger partial charge in [0.25, 0.3) is 0 Å². The summed E-state index contributed by atoms with van der Waals surface area (Å²) in [6.45, 7) is 3.14. The van der Waals surface area contributed by atoms with Crippen LogP contribution in [-0.2, 0) is 25.7 Å². The normalized spacial score (nSPS) is 22.9. The topological polar surface area (TPSA) is 106 Å². The fourth-order valence-electron chi connectivity index (χ4n) is 3.74. The Morgan fingerprint density at radius 3 is 2.00 bits per heavy atom. The van der Waals surface area contributed by atoms with Gasteiger partial charge >= 0.3 is 0 Å². The molecular weight excluding hydrogens is 427 g/mol. The molecule has 0 bridgehead atoms. The first kappa shape index (κ1) is 22.9. The summed E-state index contributed by atoms with van der Waals surface area (Å²) in [6, 6.07) is 12.2. The van der Waals surface area contributed by atoms with Gasteiger partial charge in [-0.2, -0.15) is 0 Å². The van der Waals surface area contributed by atoms with Crippen LogP contribution in [0.5, 0.6) is 0 Å². The number of primary sulfonamides is 1. The molecule has 2 atom stereocenters. The first-order valence-electron chi connectivity index (χ1n) is 9.87. The highest BCUT2D eigenvalue weighted by molar-refractivity contribution is 7.90. The molecule has 0 radical (unpaired) electrons. The molecule has 2 aromatic rings. The standard InChI is InChI=1S/C21H27FN2O4S2/c1-15(2)30(27,28)24-20-5-3-4-14-21(20,22)18-10-6-16(7-11-18)17-8-12-19(13-9-17)29(23,25)26/h6-13,15,20,24H,3-5,14H2,1-2H3,(H2,23,25,26)/t20-,21-/m0/s1. The predicted molar refractivity (Wildman–Crippen MR) is 115 cm³/mol. The molecule has 0 amide bonds. The van der Waals surface area contributed by atoms with Gasteiger partial charge in [-0.3, -0.25) is 0 Å². The Morgan fingerprint density at radius 1 is 0.967 bits per heavy atom. The number of rotatable bonds is 6. The van der Waals surface area contributed by atoms with Crippen molar-refractivity contribution in [3.63, 3.8) is 0 Å². The minimum absolute atomic E-state index is 0.0214. The summed E-state index contributed by atoms with van der Waals surface area (Å²) in [4.78, 5) is 0.0214. The third-order valence-corrected chi connectivity index (χ3v) is 8.43. The Bertz CT molecular complexity index is 1100. The highest BCUT2D eigenvalue weighted by Crippen LogP contribution is 2.42. The van der Waals surface area contributed by atoms with Gasteiger partial charge in [-0.25, -0.2) is 31.1 Å². The molecule has 30 heavy (non-hydrogen) atoms. The van der Waals surface area contributed by atoms with Gasteiger partial charge < -0.3 is 0 Å². The number of sulfonamides is 2. The van der Waals surface area contributed by atoms with Crippen LogP contribution in [0.25, 0.3) is 11.1 Å². The second kappa shape index (κ2) is 8.37. The molecule has 0 unspecified atom stereocenters. The van der Waals surface area contributed by atoms with Gasteiger partial charge in [0.2, 0.25) is 20.0 Å². The van der Waals surface area contributed by atoms with E-state index in [0.29, 0.717) is 18.4 Å². The molecule has 1 aliphatic carbocycles. The molecule has 0 heterocycles. The van der Waals surface area contributed by atoms with Gasteiger partial charge in [0, 0.05) is 0 Å². The zero-order valence-corrected chi connectivity index (χ0v) is 18.6. The van der Waals surface area contributed by atoms with Crippen LogP contribution in [0.2, 0.25) is 0 Å². The molecular formula is C21H27FN2O4S2. The Kier molecular flexibility index (Phi) is 6.38. The summed E-state index contributed by atoms with van der Waals surface area (Å²) in [5, 5.41) is 4.49. The van der Waals surface area contributed by atoms with E-state index in [2.05, 4.69) is 4.72 Å². The van der Waals surface area contributed by atoms with Crippen molar-refractivity contribution in [1.82, 2.24) is 4.72 Å². The van der Waals surface area contributed by atoms with Crippen molar-refractivity contribution in [2.75, 3.05) is 0 Å². The fraction of sp³-hybridized carbons (Fsp3) is 0.429. The van der Waals surface area contributed by atoms with E-state index >= 15 is 4.39 Å². The number of halogens is 1. The fourth-order valence-corrected chi connectivity index (χ4v) is 5.23. The Morgan fingerprint density at radius 2 is 1.50 bits per heavy atom. The lowest BCUT2D eigenvalue weighted by atomic mass is 9.77. The van der Waals surface area contributed by atoms with E-state index in [9.17, 15) is 16.8 Å². The van der Waals surface area contributed by atoms with Gasteiger partial charge in [-0.1, -0.05) is 42.8 Å². The number of nitrogens with two attached hydrogens (primary N) is 1. The molecule has 0 spiro atoms. The quantitative estimate of drug-likeness (QED) is 0.697. The van der Waals surface area contributed by atoms with Crippen LogP contribution in [-0.4, -0.2) is 28.1 Å². The maximum Gasteiger partial charge on any atom is 0.238 e. The van der Waals surface area contributed by atoms with E-state index in [-0.39, 0.29) is 11.3 Å². The maximum atomic E-state index is 16.1. The second-order valence-corrected chi connectivity index (χ2v) is 11.8. The van der Waals surface area contributed by atoms with E-state index in [1.807, 2.05) is 0 Å². The Hall–Kier alpha value is -1.81. The molecule has 2 aromatic carbocycles. The molecule has 1 saturated carbocycles. The summed E-state index contributed by atoms with van der Waals surface area (Å²) < 4.78 is 66.1. The van der Waals surface area contributed by atoms with Crippen molar-refractivity contribution < 1.29 is 21.2 Å². The molecule has 0 aromatic heterocycles. The highest BCUT2D eigenvalue weighted by Gasteiger charge is 2.44. The summed E-state index contributed by atoms with van der Waals surface area (Å²) in [5.41, 5.74) is 0.209. The molecule has 3 N–H and O–H groups in total. The van der Waals surface area contributed by atoms with Crippen molar-refractivity contribution in [2.24, 2.45) is 5.14 Å². The zero-order valence-electron chi connectivity index (χ0n) is 17.0. The van der Waals surface area contributed by atoms with E-state index in [0.717, 1.165) is 17.5 Å². The average molecular weight is 455 g/mol. The Labute approximate surface area is 177 Å². The molecule has 164 valence electrons. The van der Waals surface area contributed by atoms with Crippen molar-refractivity contribution in [3.8, 4) is 11.1 Å². The van der Waals surface area contributed by atoms with Crippen LogP contribution in [0.4, 0.5) is 4.39 Å². The van der Waals surface area contributed by atoms with E-state index in [1.165, 1.54) is 12.1 Å².